The summed E-state index contributed by atoms with van der Waals surface area (Å²) < 4.78 is 1.88. The zero-order valence-corrected chi connectivity index (χ0v) is 15.9. The first kappa shape index (κ1) is 22.2. The Morgan fingerprint density at radius 2 is 1.91 bits per heavy atom. The lowest BCUT2D eigenvalue weighted by Crippen LogP contribution is -2.46. The molecule has 2 rings (SSSR count). The fourth-order valence-corrected chi connectivity index (χ4v) is 2.79. The van der Waals surface area contributed by atoms with E-state index in [-0.39, 0.29) is 30.7 Å². The SMILES string of the molecule is Cc1nn(C)c(C)c1CCC(=O)NCCN1CCNCC1.Cl.Cl. The summed E-state index contributed by atoms with van der Waals surface area (Å²) in [4.78, 5) is 14.3. The van der Waals surface area contributed by atoms with Crippen molar-refractivity contribution in [2.75, 3.05) is 39.3 Å². The van der Waals surface area contributed by atoms with E-state index in [0.29, 0.717) is 6.42 Å². The van der Waals surface area contributed by atoms with Gasteiger partial charge in [0.25, 0.3) is 0 Å². The zero-order chi connectivity index (χ0) is 15.2. The van der Waals surface area contributed by atoms with E-state index in [1.807, 2.05) is 18.7 Å². The van der Waals surface area contributed by atoms with Gasteiger partial charge in [-0.15, -0.1) is 24.8 Å². The van der Waals surface area contributed by atoms with E-state index in [1.165, 1.54) is 5.56 Å². The lowest BCUT2D eigenvalue weighted by Gasteiger charge is -2.27. The smallest absolute Gasteiger partial charge is 0.220 e. The molecule has 23 heavy (non-hydrogen) atoms. The van der Waals surface area contributed by atoms with Crippen molar-refractivity contribution in [3.05, 3.63) is 17.0 Å². The monoisotopic (exact) mass is 365 g/mol. The molecular weight excluding hydrogens is 337 g/mol. The largest absolute Gasteiger partial charge is 0.355 e. The van der Waals surface area contributed by atoms with Crippen molar-refractivity contribution in [1.29, 1.82) is 0 Å². The zero-order valence-electron chi connectivity index (χ0n) is 14.2. The molecule has 0 atom stereocenters. The van der Waals surface area contributed by atoms with Crippen LogP contribution in [0.5, 0.6) is 0 Å². The van der Waals surface area contributed by atoms with Crippen molar-refractivity contribution in [3.8, 4) is 0 Å². The number of rotatable bonds is 6. The van der Waals surface area contributed by atoms with E-state index in [9.17, 15) is 4.79 Å². The fraction of sp³-hybridized carbons (Fsp3) is 0.733. The van der Waals surface area contributed by atoms with Gasteiger partial charge in [0, 0.05) is 58.4 Å². The molecule has 0 aromatic carbocycles. The van der Waals surface area contributed by atoms with Gasteiger partial charge in [-0.25, -0.2) is 0 Å². The Kier molecular flexibility index (Phi) is 10.5. The minimum absolute atomic E-state index is 0. The molecule has 0 unspecified atom stereocenters. The van der Waals surface area contributed by atoms with E-state index in [2.05, 4.69) is 27.6 Å². The molecule has 0 spiro atoms. The number of nitrogens with zero attached hydrogens (tertiary/aromatic N) is 3. The molecule has 1 amide bonds. The summed E-state index contributed by atoms with van der Waals surface area (Å²) in [5, 5.41) is 10.7. The average Bonchev–Trinajstić information content (AvgIpc) is 2.71. The Bertz CT molecular complexity index is 486. The second kappa shape index (κ2) is 10.9. The summed E-state index contributed by atoms with van der Waals surface area (Å²) in [6.45, 7) is 9.99. The van der Waals surface area contributed by atoms with Gasteiger partial charge in [-0.05, 0) is 25.8 Å². The minimum Gasteiger partial charge on any atom is -0.355 e. The van der Waals surface area contributed by atoms with E-state index >= 15 is 0 Å². The van der Waals surface area contributed by atoms with Crippen LogP contribution in [0.25, 0.3) is 0 Å². The van der Waals surface area contributed by atoms with Gasteiger partial charge in [0.1, 0.15) is 0 Å². The molecular formula is C15H29Cl2N5O. The first-order valence-electron chi connectivity index (χ1n) is 7.77. The lowest BCUT2D eigenvalue weighted by molar-refractivity contribution is -0.121. The fourth-order valence-electron chi connectivity index (χ4n) is 2.79. The van der Waals surface area contributed by atoms with Crippen molar-refractivity contribution in [2.24, 2.45) is 7.05 Å². The molecule has 0 aliphatic carbocycles. The van der Waals surface area contributed by atoms with Gasteiger partial charge < -0.3 is 10.6 Å². The predicted molar refractivity (Wildman–Crippen MR) is 97.8 cm³/mol. The van der Waals surface area contributed by atoms with E-state index < -0.39 is 0 Å². The molecule has 1 aromatic heterocycles. The number of piperazine rings is 1. The van der Waals surface area contributed by atoms with Crippen LogP contribution >= 0.6 is 24.8 Å². The number of carbonyl (C=O) groups excluding carboxylic acids is 1. The first-order chi connectivity index (χ1) is 10.1. The molecule has 8 heteroatoms. The van der Waals surface area contributed by atoms with Crippen LogP contribution < -0.4 is 10.6 Å². The van der Waals surface area contributed by atoms with Crippen LogP contribution in [0.3, 0.4) is 0 Å². The van der Waals surface area contributed by atoms with Crippen molar-refractivity contribution in [2.45, 2.75) is 26.7 Å². The quantitative estimate of drug-likeness (QED) is 0.783. The topological polar surface area (TPSA) is 62.2 Å². The van der Waals surface area contributed by atoms with Gasteiger partial charge in [0.05, 0.1) is 5.69 Å². The van der Waals surface area contributed by atoms with Crippen LogP contribution in [0.4, 0.5) is 0 Å². The molecule has 6 nitrogen and oxygen atoms in total. The highest BCUT2D eigenvalue weighted by atomic mass is 35.5. The maximum Gasteiger partial charge on any atom is 0.220 e. The Morgan fingerprint density at radius 3 is 2.48 bits per heavy atom. The van der Waals surface area contributed by atoms with Crippen molar-refractivity contribution >= 4 is 30.7 Å². The molecule has 0 saturated carbocycles. The summed E-state index contributed by atoms with van der Waals surface area (Å²) >= 11 is 0. The van der Waals surface area contributed by atoms with Crippen molar-refractivity contribution in [3.63, 3.8) is 0 Å². The minimum atomic E-state index is 0. The van der Waals surface area contributed by atoms with Gasteiger partial charge in [0.15, 0.2) is 0 Å². The lowest BCUT2D eigenvalue weighted by atomic mass is 10.1. The van der Waals surface area contributed by atoms with Crippen LogP contribution in [0.2, 0.25) is 0 Å². The molecule has 2 N–H and O–H groups in total. The van der Waals surface area contributed by atoms with Gasteiger partial charge >= 0.3 is 0 Å². The van der Waals surface area contributed by atoms with Crippen LogP contribution in [0.1, 0.15) is 23.4 Å². The predicted octanol–water partition coefficient (Wildman–Crippen LogP) is 0.835. The number of amides is 1. The van der Waals surface area contributed by atoms with Gasteiger partial charge in [-0.2, -0.15) is 5.10 Å². The van der Waals surface area contributed by atoms with Crippen LogP contribution in [0, 0.1) is 13.8 Å². The standard InChI is InChI=1S/C15H27N5O.2ClH/c1-12-14(13(2)19(3)18-12)4-5-15(21)17-8-11-20-9-6-16-7-10-20;;/h16H,4-11H2,1-3H3,(H,17,21);2*1H. The Hall–Kier alpha value is -0.820. The molecule has 0 radical (unpaired) electrons. The van der Waals surface area contributed by atoms with Crippen molar-refractivity contribution in [1.82, 2.24) is 25.3 Å². The molecule has 0 bridgehead atoms. The highest BCUT2D eigenvalue weighted by Crippen LogP contribution is 2.13. The number of aryl methyl sites for hydroxylation is 2. The summed E-state index contributed by atoms with van der Waals surface area (Å²) in [6.07, 6.45) is 1.31. The molecule has 134 valence electrons. The first-order valence-corrected chi connectivity index (χ1v) is 7.77. The normalized spacial score (nSPS) is 14.7. The second-order valence-electron chi connectivity index (χ2n) is 5.71. The third-order valence-electron chi connectivity index (χ3n) is 4.22. The summed E-state index contributed by atoms with van der Waals surface area (Å²) in [6, 6.07) is 0. The molecule has 1 aliphatic heterocycles. The van der Waals surface area contributed by atoms with Crippen LogP contribution in [0.15, 0.2) is 0 Å². The van der Waals surface area contributed by atoms with Gasteiger partial charge in [-0.1, -0.05) is 0 Å². The highest BCUT2D eigenvalue weighted by molar-refractivity contribution is 5.85. The number of nitrogens with one attached hydrogen (secondary N) is 2. The number of carbonyl (C=O) groups is 1. The molecule has 2 heterocycles. The van der Waals surface area contributed by atoms with Crippen LogP contribution in [-0.4, -0.2) is 59.9 Å². The van der Waals surface area contributed by atoms with E-state index in [0.717, 1.165) is 57.1 Å². The molecule has 1 aliphatic rings. The van der Waals surface area contributed by atoms with Gasteiger partial charge in [-0.3, -0.25) is 14.4 Å². The third-order valence-corrected chi connectivity index (χ3v) is 4.22. The molecule has 1 fully saturated rings. The summed E-state index contributed by atoms with van der Waals surface area (Å²) in [5.41, 5.74) is 3.39. The van der Waals surface area contributed by atoms with Crippen LogP contribution in [-0.2, 0) is 18.3 Å². The van der Waals surface area contributed by atoms with Gasteiger partial charge in [0.2, 0.25) is 5.91 Å². The van der Waals surface area contributed by atoms with E-state index in [4.69, 9.17) is 0 Å². The average molecular weight is 366 g/mol. The Labute approximate surface area is 151 Å². The van der Waals surface area contributed by atoms with Crippen molar-refractivity contribution < 1.29 is 4.79 Å². The Morgan fingerprint density at radius 1 is 1.26 bits per heavy atom. The maximum absolute atomic E-state index is 11.9. The Balaban J connectivity index is 0.00000242. The summed E-state index contributed by atoms with van der Waals surface area (Å²) in [5.74, 6) is 0.132. The highest BCUT2D eigenvalue weighted by Gasteiger charge is 2.12. The van der Waals surface area contributed by atoms with E-state index in [1.54, 1.807) is 0 Å². The molecule has 1 saturated heterocycles. The second-order valence-corrected chi connectivity index (χ2v) is 5.71. The number of aromatic nitrogens is 2. The number of halogens is 2. The summed E-state index contributed by atoms with van der Waals surface area (Å²) in [7, 11) is 1.94. The third kappa shape index (κ3) is 6.67. The molecule has 1 aromatic rings. The number of hydrogen-bond donors (Lipinski definition) is 2. The maximum atomic E-state index is 11.9. The number of hydrogen-bond acceptors (Lipinski definition) is 4.